The van der Waals surface area contributed by atoms with Crippen molar-refractivity contribution < 1.29 is 23.8 Å². The van der Waals surface area contributed by atoms with E-state index in [2.05, 4.69) is 10.2 Å². The van der Waals surface area contributed by atoms with Gasteiger partial charge < -0.3 is 24.4 Å². The molecule has 1 saturated heterocycles. The van der Waals surface area contributed by atoms with Gasteiger partial charge in [-0.15, -0.1) is 0 Å². The Morgan fingerprint density at radius 3 is 2.56 bits per heavy atom. The van der Waals surface area contributed by atoms with E-state index in [4.69, 9.17) is 19.3 Å². The fourth-order valence-electron chi connectivity index (χ4n) is 4.79. The molecule has 39 heavy (non-hydrogen) atoms. The van der Waals surface area contributed by atoms with Crippen molar-refractivity contribution in [2.75, 3.05) is 66.7 Å². The first-order chi connectivity index (χ1) is 19.0. The van der Waals surface area contributed by atoms with Crippen LogP contribution >= 0.6 is 0 Å². The van der Waals surface area contributed by atoms with Gasteiger partial charge in [-0.1, -0.05) is 37.3 Å². The second-order valence-electron chi connectivity index (χ2n) is 9.59. The Balaban J connectivity index is 1.58. The summed E-state index contributed by atoms with van der Waals surface area (Å²) in [5, 5.41) is 9.26. The summed E-state index contributed by atoms with van der Waals surface area (Å²) in [6, 6.07) is 14.9. The van der Waals surface area contributed by atoms with Crippen molar-refractivity contribution in [3.63, 3.8) is 0 Å². The topological polar surface area (TPSA) is 95.9 Å². The molecular formula is C29H39N5O5. The second kappa shape index (κ2) is 14.0. The van der Waals surface area contributed by atoms with E-state index >= 15 is 0 Å². The Morgan fingerprint density at radius 1 is 1.10 bits per heavy atom. The lowest BCUT2D eigenvalue weighted by Gasteiger charge is -2.31. The molecule has 1 fully saturated rings. The number of hydrogen-bond donors (Lipinski definition) is 1. The number of ether oxygens (including phenoxy) is 3. The number of urea groups is 1. The third-order valence-electron chi connectivity index (χ3n) is 7.00. The van der Waals surface area contributed by atoms with Crippen LogP contribution in [0.15, 0.2) is 53.6 Å². The van der Waals surface area contributed by atoms with E-state index in [-0.39, 0.29) is 24.5 Å². The van der Waals surface area contributed by atoms with Gasteiger partial charge in [-0.2, -0.15) is 5.10 Å². The highest BCUT2D eigenvalue weighted by Gasteiger charge is 2.35. The number of hydrogen-bond acceptors (Lipinski definition) is 7. The SMILES string of the molecule is CCCNC(=O)N(CCN1CCOCC1)CC(=O)N1N=C(c2ccc(OC)cc2OC)C[C@@H]1c1ccccc1. The van der Waals surface area contributed by atoms with Gasteiger partial charge in [0.25, 0.3) is 5.91 Å². The van der Waals surface area contributed by atoms with Gasteiger partial charge in [-0.25, -0.2) is 9.80 Å². The van der Waals surface area contributed by atoms with Crippen molar-refractivity contribution in [3.8, 4) is 11.5 Å². The van der Waals surface area contributed by atoms with Crippen LogP contribution in [0.3, 0.4) is 0 Å². The van der Waals surface area contributed by atoms with Crippen LogP contribution < -0.4 is 14.8 Å². The number of hydrazone groups is 1. The summed E-state index contributed by atoms with van der Waals surface area (Å²) < 4.78 is 16.4. The summed E-state index contributed by atoms with van der Waals surface area (Å²) in [6.45, 7) is 6.60. The van der Waals surface area contributed by atoms with Crippen LogP contribution in [-0.2, 0) is 9.53 Å². The second-order valence-corrected chi connectivity index (χ2v) is 9.59. The van der Waals surface area contributed by atoms with Crippen LogP contribution in [0.1, 0.15) is 36.9 Å². The standard InChI is InChI=1S/C29H39N5O5/c1-4-12-30-29(36)33(14-13-32-15-17-39-18-16-32)21-28(35)34-26(22-8-6-5-7-9-22)20-25(31-34)24-11-10-23(37-2)19-27(24)38-3/h5-11,19,26H,4,12-18,20-21H2,1-3H3,(H,30,36)/t26-/m1/s1. The summed E-state index contributed by atoms with van der Waals surface area (Å²) in [5.74, 6) is 1.07. The Kier molecular flexibility index (Phi) is 10.2. The number of carbonyl (C=O) groups excluding carboxylic acids is 2. The van der Waals surface area contributed by atoms with E-state index in [0.717, 1.165) is 36.3 Å². The minimum absolute atomic E-state index is 0.0697. The molecule has 4 rings (SSSR count). The molecule has 10 heteroatoms. The van der Waals surface area contributed by atoms with Gasteiger partial charge in [0.2, 0.25) is 0 Å². The molecule has 0 spiro atoms. The number of methoxy groups -OCH3 is 2. The van der Waals surface area contributed by atoms with Crippen molar-refractivity contribution in [2.45, 2.75) is 25.8 Å². The predicted molar refractivity (Wildman–Crippen MR) is 149 cm³/mol. The molecule has 0 unspecified atom stereocenters. The highest BCUT2D eigenvalue weighted by Crippen LogP contribution is 2.36. The maximum atomic E-state index is 13.8. The molecule has 0 aromatic heterocycles. The molecule has 2 aromatic rings. The highest BCUT2D eigenvalue weighted by molar-refractivity contribution is 6.05. The number of rotatable bonds is 11. The van der Waals surface area contributed by atoms with Crippen LogP contribution in [0.5, 0.6) is 11.5 Å². The molecule has 0 aliphatic carbocycles. The zero-order valence-corrected chi connectivity index (χ0v) is 23.1. The summed E-state index contributed by atoms with van der Waals surface area (Å²) in [5.41, 5.74) is 2.53. The van der Waals surface area contributed by atoms with Crippen LogP contribution in [0.25, 0.3) is 0 Å². The van der Waals surface area contributed by atoms with Crippen molar-refractivity contribution in [2.24, 2.45) is 5.10 Å². The number of nitrogens with one attached hydrogen (secondary N) is 1. The number of morpholine rings is 1. The lowest BCUT2D eigenvalue weighted by molar-refractivity contribution is -0.133. The van der Waals surface area contributed by atoms with E-state index in [0.29, 0.717) is 50.8 Å². The predicted octanol–water partition coefficient (Wildman–Crippen LogP) is 3.14. The van der Waals surface area contributed by atoms with E-state index in [9.17, 15) is 9.59 Å². The van der Waals surface area contributed by atoms with Crippen molar-refractivity contribution in [1.29, 1.82) is 0 Å². The van der Waals surface area contributed by atoms with E-state index in [1.54, 1.807) is 19.1 Å². The van der Waals surface area contributed by atoms with Gasteiger partial charge >= 0.3 is 6.03 Å². The Bertz CT molecular complexity index is 1140. The lowest BCUT2D eigenvalue weighted by atomic mass is 9.98. The first-order valence-corrected chi connectivity index (χ1v) is 13.5. The van der Waals surface area contributed by atoms with E-state index in [1.165, 1.54) is 5.01 Å². The van der Waals surface area contributed by atoms with Crippen LogP contribution in [0.4, 0.5) is 4.79 Å². The van der Waals surface area contributed by atoms with Gasteiger partial charge in [0.1, 0.15) is 18.0 Å². The maximum Gasteiger partial charge on any atom is 0.317 e. The summed E-state index contributed by atoms with van der Waals surface area (Å²) in [6.07, 6.45) is 1.34. The molecule has 2 aliphatic rings. The molecule has 0 radical (unpaired) electrons. The zero-order chi connectivity index (χ0) is 27.6. The number of benzene rings is 2. The van der Waals surface area contributed by atoms with Gasteiger partial charge in [-0.3, -0.25) is 9.69 Å². The first kappa shape index (κ1) is 28.4. The van der Waals surface area contributed by atoms with Gasteiger partial charge in [-0.05, 0) is 24.1 Å². The molecule has 1 atom stereocenters. The molecule has 0 saturated carbocycles. The fourth-order valence-corrected chi connectivity index (χ4v) is 4.79. The van der Waals surface area contributed by atoms with Crippen LogP contribution in [0, 0.1) is 0 Å². The number of amides is 3. The Morgan fingerprint density at radius 2 is 1.87 bits per heavy atom. The first-order valence-electron chi connectivity index (χ1n) is 13.5. The highest BCUT2D eigenvalue weighted by atomic mass is 16.5. The molecule has 2 aromatic carbocycles. The Hall–Kier alpha value is -3.63. The third kappa shape index (κ3) is 7.27. The Labute approximate surface area is 230 Å². The lowest BCUT2D eigenvalue weighted by Crippen LogP contribution is -2.49. The van der Waals surface area contributed by atoms with E-state index < -0.39 is 0 Å². The van der Waals surface area contributed by atoms with Gasteiger partial charge in [0, 0.05) is 50.8 Å². The number of nitrogens with zero attached hydrogens (tertiary/aromatic N) is 4. The van der Waals surface area contributed by atoms with Crippen LogP contribution in [0.2, 0.25) is 0 Å². The minimum Gasteiger partial charge on any atom is -0.497 e. The largest absolute Gasteiger partial charge is 0.497 e. The molecule has 2 heterocycles. The number of carbonyl (C=O) groups is 2. The zero-order valence-electron chi connectivity index (χ0n) is 23.1. The smallest absolute Gasteiger partial charge is 0.317 e. The van der Waals surface area contributed by atoms with E-state index in [1.807, 2.05) is 55.5 Å². The normalized spacial score (nSPS) is 17.5. The molecule has 0 bridgehead atoms. The average Bonchev–Trinajstić information content (AvgIpc) is 3.44. The molecule has 3 amide bonds. The van der Waals surface area contributed by atoms with Gasteiger partial charge in [0.05, 0.1) is 39.2 Å². The summed E-state index contributed by atoms with van der Waals surface area (Å²) in [7, 11) is 3.21. The van der Waals surface area contributed by atoms with Crippen molar-refractivity contribution in [1.82, 2.24) is 20.1 Å². The molecule has 210 valence electrons. The summed E-state index contributed by atoms with van der Waals surface area (Å²) in [4.78, 5) is 30.7. The van der Waals surface area contributed by atoms with Crippen molar-refractivity contribution in [3.05, 3.63) is 59.7 Å². The molecular weight excluding hydrogens is 498 g/mol. The third-order valence-corrected chi connectivity index (χ3v) is 7.00. The molecule has 1 N–H and O–H groups in total. The fraction of sp³-hybridized carbons (Fsp3) is 0.483. The maximum absolute atomic E-state index is 13.8. The summed E-state index contributed by atoms with van der Waals surface area (Å²) >= 11 is 0. The molecule has 2 aliphatic heterocycles. The van der Waals surface area contributed by atoms with Crippen LogP contribution in [-0.4, -0.2) is 99.2 Å². The minimum atomic E-state index is -0.291. The molecule has 10 nitrogen and oxygen atoms in total. The quantitative estimate of drug-likeness (QED) is 0.473. The van der Waals surface area contributed by atoms with Crippen molar-refractivity contribution >= 4 is 17.6 Å². The average molecular weight is 538 g/mol. The monoisotopic (exact) mass is 537 g/mol. The van der Waals surface area contributed by atoms with Gasteiger partial charge in [0.15, 0.2) is 0 Å².